The minimum absolute atomic E-state index is 0.0926. The van der Waals surface area contributed by atoms with Gasteiger partial charge in [-0.25, -0.2) is 0 Å². The number of likely N-dealkylation sites (tertiary alicyclic amines) is 1. The van der Waals surface area contributed by atoms with E-state index in [9.17, 15) is 13.6 Å². The predicted octanol–water partition coefficient (Wildman–Crippen LogP) is 2.45. The highest BCUT2D eigenvalue weighted by molar-refractivity contribution is 5.79. The minimum atomic E-state index is -2.82. The van der Waals surface area contributed by atoms with Crippen LogP contribution in [0.1, 0.15) is 18.4 Å². The topological polar surface area (TPSA) is 29.5 Å². The van der Waals surface area contributed by atoms with E-state index in [4.69, 9.17) is 0 Å². The minimum Gasteiger partial charge on any atom is -0.435 e. The Balaban J connectivity index is 1.91. The van der Waals surface area contributed by atoms with Crippen molar-refractivity contribution in [3.8, 4) is 5.75 Å². The van der Waals surface area contributed by atoms with E-state index >= 15 is 0 Å². The van der Waals surface area contributed by atoms with Gasteiger partial charge in [0, 0.05) is 13.1 Å². The molecule has 5 heteroatoms. The van der Waals surface area contributed by atoms with Gasteiger partial charge in [0.2, 0.25) is 5.91 Å². The van der Waals surface area contributed by atoms with Gasteiger partial charge in [-0.15, -0.1) is 0 Å². The summed E-state index contributed by atoms with van der Waals surface area (Å²) in [5.74, 6) is 0.206. The average Bonchev–Trinajstić information content (AvgIpc) is 2.84. The third kappa shape index (κ3) is 3.42. The second-order valence-electron chi connectivity index (χ2n) is 4.29. The largest absolute Gasteiger partial charge is 0.435 e. The first-order valence-electron chi connectivity index (χ1n) is 5.96. The zero-order valence-corrected chi connectivity index (χ0v) is 9.94. The Labute approximate surface area is 104 Å². The number of benzene rings is 1. The van der Waals surface area contributed by atoms with Gasteiger partial charge in [-0.05, 0) is 30.5 Å². The molecule has 0 unspecified atom stereocenters. The molecule has 1 heterocycles. The van der Waals surface area contributed by atoms with Gasteiger partial charge < -0.3 is 9.64 Å². The van der Waals surface area contributed by atoms with Gasteiger partial charge >= 0.3 is 6.61 Å². The second kappa shape index (κ2) is 5.80. The number of carbonyl (C=O) groups excluding carboxylic acids is 1. The molecule has 1 saturated heterocycles. The standard InChI is InChI=1S/C13H15F2NO2/c14-13(15)18-11-5-3-10(4-6-11)9-12(17)16-7-1-2-8-16/h3-6,13H,1-2,7-9H2. The predicted molar refractivity (Wildman–Crippen MR) is 62.6 cm³/mol. The summed E-state index contributed by atoms with van der Waals surface area (Å²) in [4.78, 5) is 13.7. The molecule has 1 aromatic carbocycles. The van der Waals surface area contributed by atoms with Crippen molar-refractivity contribution in [2.24, 2.45) is 0 Å². The maximum Gasteiger partial charge on any atom is 0.387 e. The molecule has 0 saturated carbocycles. The molecule has 0 aromatic heterocycles. The Morgan fingerprint density at radius 1 is 1.22 bits per heavy atom. The van der Waals surface area contributed by atoms with Crippen LogP contribution in [0.15, 0.2) is 24.3 Å². The van der Waals surface area contributed by atoms with Crippen LogP contribution in [0.5, 0.6) is 5.75 Å². The van der Waals surface area contributed by atoms with Crippen LogP contribution in [0.25, 0.3) is 0 Å². The fourth-order valence-electron chi connectivity index (χ4n) is 2.04. The normalized spacial score (nSPS) is 15.2. The number of carbonyl (C=O) groups is 1. The lowest BCUT2D eigenvalue weighted by molar-refractivity contribution is -0.129. The van der Waals surface area contributed by atoms with Crippen molar-refractivity contribution in [3.63, 3.8) is 0 Å². The van der Waals surface area contributed by atoms with Gasteiger partial charge in [0.1, 0.15) is 5.75 Å². The van der Waals surface area contributed by atoms with Gasteiger partial charge in [0.25, 0.3) is 0 Å². The lowest BCUT2D eigenvalue weighted by Gasteiger charge is -2.15. The monoisotopic (exact) mass is 255 g/mol. The highest BCUT2D eigenvalue weighted by atomic mass is 19.3. The fourth-order valence-corrected chi connectivity index (χ4v) is 2.04. The smallest absolute Gasteiger partial charge is 0.387 e. The summed E-state index contributed by atoms with van der Waals surface area (Å²) in [6.45, 7) is -1.17. The van der Waals surface area contributed by atoms with E-state index in [1.807, 2.05) is 4.90 Å². The Bertz CT molecular complexity index is 400. The van der Waals surface area contributed by atoms with Crippen LogP contribution in [-0.4, -0.2) is 30.5 Å². The molecule has 1 aliphatic rings. The van der Waals surface area contributed by atoms with Crippen LogP contribution in [0, 0.1) is 0 Å². The van der Waals surface area contributed by atoms with Gasteiger partial charge in [-0.1, -0.05) is 12.1 Å². The van der Waals surface area contributed by atoms with E-state index < -0.39 is 6.61 Å². The second-order valence-corrected chi connectivity index (χ2v) is 4.29. The maximum absolute atomic E-state index is 12.0. The summed E-state index contributed by atoms with van der Waals surface area (Å²) < 4.78 is 28.2. The van der Waals surface area contributed by atoms with Crippen molar-refractivity contribution < 1.29 is 18.3 Å². The summed E-state index contributed by atoms with van der Waals surface area (Å²) in [6, 6.07) is 6.20. The molecule has 1 fully saturated rings. The van der Waals surface area contributed by atoms with Crippen molar-refractivity contribution >= 4 is 5.91 Å². The van der Waals surface area contributed by atoms with Crippen molar-refractivity contribution in [2.75, 3.05) is 13.1 Å². The SMILES string of the molecule is O=C(Cc1ccc(OC(F)F)cc1)N1CCCC1. The quantitative estimate of drug-likeness (QED) is 0.827. The third-order valence-electron chi connectivity index (χ3n) is 2.96. The molecule has 2 rings (SSSR count). The first kappa shape index (κ1) is 12.8. The molecular formula is C13H15F2NO2. The first-order chi connectivity index (χ1) is 8.65. The molecule has 0 aliphatic carbocycles. The summed E-state index contributed by atoms with van der Waals surface area (Å²) in [7, 11) is 0. The van der Waals surface area contributed by atoms with Crippen LogP contribution in [0.4, 0.5) is 8.78 Å². The van der Waals surface area contributed by atoms with Gasteiger partial charge in [0.15, 0.2) is 0 Å². The number of hydrogen-bond acceptors (Lipinski definition) is 2. The third-order valence-corrected chi connectivity index (χ3v) is 2.96. The van der Waals surface area contributed by atoms with Crippen molar-refractivity contribution in [1.82, 2.24) is 4.90 Å². The van der Waals surface area contributed by atoms with Crippen LogP contribution in [-0.2, 0) is 11.2 Å². The number of halogens is 2. The van der Waals surface area contributed by atoms with Crippen LogP contribution in [0.3, 0.4) is 0 Å². The van der Waals surface area contributed by atoms with E-state index in [-0.39, 0.29) is 11.7 Å². The molecule has 1 aliphatic heterocycles. The molecule has 1 amide bonds. The lowest BCUT2D eigenvalue weighted by Crippen LogP contribution is -2.29. The Hall–Kier alpha value is -1.65. The molecule has 98 valence electrons. The van der Waals surface area contributed by atoms with E-state index in [0.29, 0.717) is 6.42 Å². The molecule has 0 N–H and O–H groups in total. The molecule has 0 spiro atoms. The lowest BCUT2D eigenvalue weighted by atomic mass is 10.1. The van der Waals surface area contributed by atoms with Crippen LogP contribution < -0.4 is 4.74 Å². The number of rotatable bonds is 4. The highest BCUT2D eigenvalue weighted by Gasteiger charge is 2.17. The van der Waals surface area contributed by atoms with Gasteiger partial charge in [0.05, 0.1) is 6.42 Å². The molecule has 0 atom stereocenters. The number of nitrogens with zero attached hydrogens (tertiary/aromatic N) is 1. The van der Waals surface area contributed by atoms with Crippen LogP contribution in [0.2, 0.25) is 0 Å². The van der Waals surface area contributed by atoms with E-state index in [1.165, 1.54) is 12.1 Å². The van der Waals surface area contributed by atoms with Gasteiger partial charge in [-0.3, -0.25) is 4.79 Å². The Morgan fingerprint density at radius 2 is 1.83 bits per heavy atom. The molecule has 0 bridgehead atoms. The highest BCUT2D eigenvalue weighted by Crippen LogP contribution is 2.16. The van der Waals surface area contributed by atoms with E-state index in [2.05, 4.69) is 4.74 Å². The molecule has 3 nitrogen and oxygen atoms in total. The number of amides is 1. The van der Waals surface area contributed by atoms with Crippen molar-refractivity contribution in [2.45, 2.75) is 25.9 Å². The fraction of sp³-hybridized carbons (Fsp3) is 0.462. The van der Waals surface area contributed by atoms with Crippen LogP contribution >= 0.6 is 0 Å². The first-order valence-corrected chi connectivity index (χ1v) is 5.96. The summed E-state index contributed by atoms with van der Waals surface area (Å²) in [5, 5.41) is 0. The zero-order chi connectivity index (χ0) is 13.0. The average molecular weight is 255 g/mol. The molecule has 18 heavy (non-hydrogen) atoms. The van der Waals surface area contributed by atoms with Crippen molar-refractivity contribution in [3.05, 3.63) is 29.8 Å². The van der Waals surface area contributed by atoms with Gasteiger partial charge in [-0.2, -0.15) is 8.78 Å². The number of ether oxygens (including phenoxy) is 1. The molecular weight excluding hydrogens is 240 g/mol. The Kier molecular flexibility index (Phi) is 4.12. The summed E-state index contributed by atoms with van der Waals surface area (Å²) in [6.07, 6.45) is 2.44. The Morgan fingerprint density at radius 3 is 2.39 bits per heavy atom. The zero-order valence-electron chi connectivity index (χ0n) is 9.94. The molecule has 1 aromatic rings. The van der Waals surface area contributed by atoms with E-state index in [0.717, 1.165) is 31.5 Å². The summed E-state index contributed by atoms with van der Waals surface area (Å²) >= 11 is 0. The number of hydrogen-bond donors (Lipinski definition) is 0. The molecule has 0 radical (unpaired) electrons. The van der Waals surface area contributed by atoms with E-state index in [1.54, 1.807) is 12.1 Å². The van der Waals surface area contributed by atoms with Crippen molar-refractivity contribution in [1.29, 1.82) is 0 Å². The number of alkyl halides is 2. The maximum atomic E-state index is 12.0. The summed E-state index contributed by atoms with van der Waals surface area (Å²) in [5.41, 5.74) is 0.813.